The van der Waals surface area contributed by atoms with Gasteiger partial charge >= 0.3 is 0 Å². The molecule has 0 saturated heterocycles. The van der Waals surface area contributed by atoms with Gasteiger partial charge in [-0.2, -0.15) is 20.8 Å². The van der Waals surface area contributed by atoms with Gasteiger partial charge < -0.3 is 0 Å². The fraction of sp³-hybridized carbons (Fsp3) is 0.273. The monoisotopic (exact) mass is 200 g/mol. The van der Waals surface area contributed by atoms with Crippen molar-refractivity contribution in [2.24, 2.45) is 10.2 Å². The second-order valence-electron chi connectivity index (χ2n) is 2.21. The highest BCUT2D eigenvalue weighted by molar-refractivity contribution is 5.34. The molecular weight excluding hydrogens is 188 g/mol. The first-order valence-corrected chi connectivity index (χ1v) is 4.62. The molecule has 0 N–H and O–H groups in total. The fourth-order valence-electron chi connectivity index (χ4n) is 0.700. The van der Waals surface area contributed by atoms with Crippen molar-refractivity contribution in [2.75, 3.05) is 0 Å². The van der Waals surface area contributed by atoms with Crippen molar-refractivity contribution in [3.8, 4) is 12.1 Å². The standard InChI is InChI=1S/C9H6N4.C2H6/c10-6-9(7-11)13-12-8-4-2-1-3-5-8;1-2/h1-5,9H;1-2H3. The smallest absolute Gasteiger partial charge is 0.195 e. The zero-order chi connectivity index (χ0) is 11.5. The Hall–Kier alpha value is -2.20. The maximum Gasteiger partial charge on any atom is 0.242 e. The van der Waals surface area contributed by atoms with Crippen LogP contribution in [0.2, 0.25) is 0 Å². The average molecular weight is 200 g/mol. The molecule has 0 bridgehead atoms. The number of rotatable bonds is 2. The zero-order valence-electron chi connectivity index (χ0n) is 8.75. The van der Waals surface area contributed by atoms with Crippen LogP contribution in [0.5, 0.6) is 0 Å². The van der Waals surface area contributed by atoms with Gasteiger partial charge in [-0.1, -0.05) is 32.0 Å². The predicted molar refractivity (Wildman–Crippen MR) is 57.3 cm³/mol. The molecule has 0 aliphatic carbocycles. The van der Waals surface area contributed by atoms with E-state index in [0.717, 1.165) is 0 Å². The van der Waals surface area contributed by atoms with Gasteiger partial charge in [-0.15, -0.1) is 0 Å². The van der Waals surface area contributed by atoms with Crippen molar-refractivity contribution < 1.29 is 0 Å². The number of nitrogens with zero attached hydrogens (tertiary/aromatic N) is 4. The minimum atomic E-state index is -1.01. The lowest BCUT2D eigenvalue weighted by atomic mass is 10.3. The summed E-state index contributed by atoms with van der Waals surface area (Å²) in [6.07, 6.45) is 0. The largest absolute Gasteiger partial charge is 0.242 e. The van der Waals surface area contributed by atoms with Crippen LogP contribution in [-0.2, 0) is 0 Å². The van der Waals surface area contributed by atoms with Crippen molar-refractivity contribution in [1.82, 2.24) is 0 Å². The number of nitriles is 2. The molecule has 15 heavy (non-hydrogen) atoms. The summed E-state index contributed by atoms with van der Waals surface area (Å²) < 4.78 is 0. The van der Waals surface area contributed by atoms with Crippen LogP contribution >= 0.6 is 0 Å². The predicted octanol–water partition coefficient (Wildman–Crippen LogP) is 3.21. The lowest BCUT2D eigenvalue weighted by molar-refractivity contribution is 0.949. The third-order valence-electron chi connectivity index (χ3n) is 1.29. The number of hydrogen-bond donors (Lipinski definition) is 0. The first-order chi connectivity index (χ1) is 7.36. The van der Waals surface area contributed by atoms with Gasteiger partial charge in [0.1, 0.15) is 12.1 Å². The third kappa shape index (κ3) is 5.17. The molecule has 4 nitrogen and oxygen atoms in total. The van der Waals surface area contributed by atoms with Gasteiger partial charge in [0.05, 0.1) is 5.69 Å². The molecule has 1 aromatic carbocycles. The summed E-state index contributed by atoms with van der Waals surface area (Å²) in [5.41, 5.74) is 0.637. The summed E-state index contributed by atoms with van der Waals surface area (Å²) in [5.74, 6) is 0. The molecule has 0 aromatic heterocycles. The number of hydrogen-bond acceptors (Lipinski definition) is 4. The Morgan fingerprint density at radius 3 is 2.07 bits per heavy atom. The first kappa shape index (κ1) is 12.8. The molecule has 0 spiro atoms. The Bertz CT molecular complexity index is 356. The molecule has 0 amide bonds. The van der Waals surface area contributed by atoms with Crippen LogP contribution < -0.4 is 0 Å². The zero-order valence-corrected chi connectivity index (χ0v) is 8.75. The van der Waals surface area contributed by atoms with E-state index >= 15 is 0 Å². The van der Waals surface area contributed by atoms with Crippen molar-refractivity contribution >= 4 is 5.69 Å². The highest BCUT2D eigenvalue weighted by atomic mass is 15.1. The van der Waals surface area contributed by atoms with Crippen molar-refractivity contribution in [1.29, 1.82) is 10.5 Å². The maximum atomic E-state index is 8.38. The molecule has 0 radical (unpaired) electrons. The summed E-state index contributed by atoms with van der Waals surface area (Å²) in [6.45, 7) is 4.00. The lowest BCUT2D eigenvalue weighted by Gasteiger charge is -1.89. The molecule has 0 saturated carbocycles. The molecule has 4 heteroatoms. The third-order valence-corrected chi connectivity index (χ3v) is 1.29. The molecule has 1 rings (SSSR count). The Balaban J connectivity index is 0.000000921. The van der Waals surface area contributed by atoms with Gasteiger partial charge in [0.2, 0.25) is 6.04 Å². The van der Waals surface area contributed by atoms with Gasteiger partial charge in [-0.25, -0.2) is 0 Å². The van der Waals surface area contributed by atoms with E-state index in [2.05, 4.69) is 10.2 Å². The van der Waals surface area contributed by atoms with E-state index in [4.69, 9.17) is 10.5 Å². The number of azo groups is 1. The molecule has 0 heterocycles. The second kappa shape index (κ2) is 8.40. The quantitative estimate of drug-likeness (QED) is 0.687. The van der Waals surface area contributed by atoms with Gasteiger partial charge in [-0.3, -0.25) is 0 Å². The van der Waals surface area contributed by atoms with Gasteiger partial charge in [-0.05, 0) is 12.1 Å². The molecule has 0 unspecified atom stereocenters. The first-order valence-electron chi connectivity index (χ1n) is 4.62. The van der Waals surface area contributed by atoms with Crippen LogP contribution in [0, 0.1) is 22.7 Å². The van der Waals surface area contributed by atoms with Crippen LogP contribution in [-0.4, -0.2) is 6.04 Å². The van der Waals surface area contributed by atoms with E-state index in [1.54, 1.807) is 24.3 Å². The summed E-state index contributed by atoms with van der Waals surface area (Å²) in [5, 5.41) is 24.0. The highest BCUT2D eigenvalue weighted by Crippen LogP contribution is 2.10. The minimum absolute atomic E-state index is 0.637. The van der Waals surface area contributed by atoms with E-state index in [0.29, 0.717) is 5.69 Å². The van der Waals surface area contributed by atoms with Gasteiger partial charge in [0.15, 0.2) is 0 Å². The normalized spacial score (nSPS) is 8.87. The molecule has 0 aliphatic heterocycles. The van der Waals surface area contributed by atoms with E-state index < -0.39 is 6.04 Å². The lowest BCUT2D eigenvalue weighted by Crippen LogP contribution is -1.92. The SMILES string of the molecule is CC.N#CC(C#N)N=Nc1ccccc1. The molecule has 0 atom stereocenters. The average Bonchev–Trinajstić information content (AvgIpc) is 2.34. The van der Waals surface area contributed by atoms with Crippen molar-refractivity contribution in [3.05, 3.63) is 30.3 Å². The fourth-order valence-corrected chi connectivity index (χ4v) is 0.700. The maximum absolute atomic E-state index is 8.38. The van der Waals surface area contributed by atoms with Crippen LogP contribution in [0.1, 0.15) is 13.8 Å². The summed E-state index contributed by atoms with van der Waals surface area (Å²) in [6, 6.07) is 11.3. The van der Waals surface area contributed by atoms with Crippen LogP contribution in [0.3, 0.4) is 0 Å². The second-order valence-corrected chi connectivity index (χ2v) is 2.21. The Morgan fingerprint density at radius 2 is 1.60 bits per heavy atom. The summed E-state index contributed by atoms with van der Waals surface area (Å²) in [4.78, 5) is 0. The molecule has 0 fully saturated rings. The van der Waals surface area contributed by atoms with E-state index in [-0.39, 0.29) is 0 Å². The topological polar surface area (TPSA) is 72.3 Å². The summed E-state index contributed by atoms with van der Waals surface area (Å²) >= 11 is 0. The van der Waals surface area contributed by atoms with Crippen LogP contribution in [0.25, 0.3) is 0 Å². The van der Waals surface area contributed by atoms with Gasteiger partial charge in [0, 0.05) is 0 Å². The Kier molecular flexibility index (Phi) is 7.17. The number of benzene rings is 1. The van der Waals surface area contributed by atoms with Gasteiger partial charge in [0.25, 0.3) is 0 Å². The van der Waals surface area contributed by atoms with Crippen LogP contribution in [0.15, 0.2) is 40.6 Å². The van der Waals surface area contributed by atoms with E-state index in [1.165, 1.54) is 0 Å². The highest BCUT2D eigenvalue weighted by Gasteiger charge is 1.99. The molecule has 76 valence electrons. The minimum Gasteiger partial charge on any atom is -0.195 e. The van der Waals surface area contributed by atoms with Crippen LogP contribution in [0.4, 0.5) is 5.69 Å². The Labute approximate surface area is 89.5 Å². The van der Waals surface area contributed by atoms with E-state index in [9.17, 15) is 0 Å². The molecule has 1 aromatic rings. The van der Waals surface area contributed by atoms with Crippen molar-refractivity contribution in [2.45, 2.75) is 19.9 Å². The van der Waals surface area contributed by atoms with E-state index in [1.807, 2.05) is 32.0 Å². The molecule has 0 aliphatic rings. The summed E-state index contributed by atoms with van der Waals surface area (Å²) in [7, 11) is 0. The Morgan fingerprint density at radius 1 is 1.07 bits per heavy atom. The molecular formula is C11H12N4. The van der Waals surface area contributed by atoms with Crippen molar-refractivity contribution in [3.63, 3.8) is 0 Å².